The molecule has 0 fully saturated rings. The number of rotatable bonds is 4. The Morgan fingerprint density at radius 1 is 1.43 bits per heavy atom. The van der Waals surface area contributed by atoms with E-state index in [1.54, 1.807) is 12.1 Å². The number of hydrogen-bond acceptors (Lipinski definition) is 3. The summed E-state index contributed by atoms with van der Waals surface area (Å²) in [7, 11) is 1.99. The molecule has 0 bridgehead atoms. The molecule has 5 heteroatoms. The maximum absolute atomic E-state index is 13.6. The predicted octanol–water partition coefficient (Wildman–Crippen LogP) is 3.93. The van der Waals surface area contributed by atoms with Gasteiger partial charge in [-0.15, -0.1) is 11.8 Å². The molecule has 0 saturated carbocycles. The zero-order chi connectivity index (χ0) is 16.6. The Labute approximate surface area is 141 Å². The molecule has 0 saturated heterocycles. The molecule has 2 atom stereocenters. The van der Waals surface area contributed by atoms with E-state index in [0.717, 1.165) is 29.9 Å². The Bertz CT molecular complexity index is 711. The lowest BCUT2D eigenvalue weighted by atomic mass is 10.00. The maximum atomic E-state index is 13.6. The number of aryl methyl sites for hydroxylation is 2. The molecule has 0 amide bonds. The van der Waals surface area contributed by atoms with Crippen molar-refractivity contribution in [2.24, 2.45) is 7.05 Å². The number of nitrogens with one attached hydrogen (secondary N) is 1. The van der Waals surface area contributed by atoms with Crippen molar-refractivity contribution in [1.29, 1.82) is 0 Å². The highest BCUT2D eigenvalue weighted by Crippen LogP contribution is 2.36. The van der Waals surface area contributed by atoms with Crippen molar-refractivity contribution >= 4 is 11.8 Å². The molecule has 1 aliphatic heterocycles. The summed E-state index contributed by atoms with van der Waals surface area (Å²) in [6, 6.07) is 5.70. The third-order valence-corrected chi connectivity index (χ3v) is 5.79. The molecule has 0 radical (unpaired) electrons. The average molecular weight is 333 g/mol. The summed E-state index contributed by atoms with van der Waals surface area (Å²) in [5, 5.41) is 8.19. The van der Waals surface area contributed by atoms with E-state index in [0.29, 0.717) is 6.04 Å². The van der Waals surface area contributed by atoms with Crippen LogP contribution >= 0.6 is 11.8 Å². The van der Waals surface area contributed by atoms with Crippen molar-refractivity contribution in [2.45, 2.75) is 50.6 Å². The third kappa shape index (κ3) is 3.45. The van der Waals surface area contributed by atoms with Gasteiger partial charge in [0.15, 0.2) is 0 Å². The molecular weight excluding hydrogens is 309 g/mol. The normalized spacial score (nSPS) is 18.7. The van der Waals surface area contributed by atoms with Gasteiger partial charge in [-0.25, -0.2) is 4.39 Å². The van der Waals surface area contributed by atoms with Gasteiger partial charge in [0.05, 0.1) is 5.69 Å². The molecule has 3 rings (SSSR count). The van der Waals surface area contributed by atoms with Gasteiger partial charge in [-0.2, -0.15) is 5.10 Å². The van der Waals surface area contributed by atoms with Gasteiger partial charge in [0.1, 0.15) is 5.82 Å². The zero-order valence-electron chi connectivity index (χ0n) is 14.2. The first kappa shape index (κ1) is 16.5. The van der Waals surface area contributed by atoms with Crippen molar-refractivity contribution < 1.29 is 4.39 Å². The Balaban J connectivity index is 1.74. The summed E-state index contributed by atoms with van der Waals surface area (Å²) in [4.78, 5) is 1.20. The average Bonchev–Trinajstić information content (AvgIpc) is 2.74. The van der Waals surface area contributed by atoms with E-state index in [2.05, 4.69) is 31.2 Å². The first-order valence-electron chi connectivity index (χ1n) is 8.13. The van der Waals surface area contributed by atoms with E-state index < -0.39 is 0 Å². The number of thioether (sulfide) groups is 1. The third-order valence-electron chi connectivity index (χ3n) is 4.67. The number of benzene rings is 1. The summed E-state index contributed by atoms with van der Waals surface area (Å²) in [6.07, 6.45) is 1.98. The van der Waals surface area contributed by atoms with Crippen molar-refractivity contribution in [3.63, 3.8) is 0 Å². The van der Waals surface area contributed by atoms with Crippen LogP contribution in [0.2, 0.25) is 0 Å². The Morgan fingerprint density at radius 2 is 2.22 bits per heavy atom. The van der Waals surface area contributed by atoms with Crippen molar-refractivity contribution in [1.82, 2.24) is 15.1 Å². The molecule has 1 aromatic heterocycles. The highest BCUT2D eigenvalue weighted by atomic mass is 32.2. The Kier molecular flexibility index (Phi) is 4.78. The van der Waals surface area contributed by atoms with Gasteiger partial charge >= 0.3 is 0 Å². The summed E-state index contributed by atoms with van der Waals surface area (Å²) in [5.74, 6) is 0.929. The van der Waals surface area contributed by atoms with Crippen molar-refractivity contribution in [3.05, 3.63) is 46.5 Å². The minimum absolute atomic E-state index is 0.148. The van der Waals surface area contributed by atoms with Crippen molar-refractivity contribution in [2.75, 3.05) is 5.75 Å². The summed E-state index contributed by atoms with van der Waals surface area (Å²) in [5.41, 5.74) is 4.75. The van der Waals surface area contributed by atoms with E-state index >= 15 is 0 Å². The van der Waals surface area contributed by atoms with Crippen LogP contribution in [-0.2, 0) is 13.5 Å². The van der Waals surface area contributed by atoms with Gasteiger partial charge in [0.25, 0.3) is 0 Å². The van der Waals surface area contributed by atoms with E-state index in [9.17, 15) is 4.39 Å². The lowest BCUT2D eigenvalue weighted by molar-refractivity contribution is 0.435. The highest BCUT2D eigenvalue weighted by Gasteiger charge is 2.23. The SMILES string of the molecule is Cc1nn(C)c(C)c1C[C@H](C)N[C@@H]1CCSc2ccc(F)cc21. The van der Waals surface area contributed by atoms with Crippen LogP contribution in [0, 0.1) is 19.7 Å². The maximum Gasteiger partial charge on any atom is 0.123 e. The number of halogens is 1. The monoisotopic (exact) mass is 333 g/mol. The van der Waals surface area contributed by atoms with Crippen LogP contribution in [0.15, 0.2) is 23.1 Å². The molecule has 2 heterocycles. The standard InChI is InChI=1S/C18H24FN3S/c1-11(9-15-12(2)21-22(4)13(15)3)20-17-7-8-23-18-6-5-14(19)10-16(17)18/h5-6,10-11,17,20H,7-9H2,1-4H3/t11-,17+/m0/s1. The second kappa shape index (κ2) is 6.65. The molecule has 2 aromatic rings. The van der Waals surface area contributed by atoms with Crippen molar-refractivity contribution in [3.8, 4) is 0 Å². The molecule has 3 nitrogen and oxygen atoms in total. The quantitative estimate of drug-likeness (QED) is 0.919. The fourth-order valence-electron chi connectivity index (χ4n) is 3.36. The summed E-state index contributed by atoms with van der Waals surface area (Å²) >= 11 is 1.82. The largest absolute Gasteiger partial charge is 0.307 e. The van der Waals surface area contributed by atoms with E-state index in [-0.39, 0.29) is 11.9 Å². The van der Waals surface area contributed by atoms with Crippen LogP contribution < -0.4 is 5.32 Å². The molecule has 1 N–H and O–H groups in total. The molecule has 0 unspecified atom stereocenters. The van der Waals surface area contributed by atoms with Crippen LogP contribution in [0.3, 0.4) is 0 Å². The van der Waals surface area contributed by atoms with Crippen LogP contribution in [0.25, 0.3) is 0 Å². The highest BCUT2D eigenvalue weighted by molar-refractivity contribution is 7.99. The first-order valence-corrected chi connectivity index (χ1v) is 9.11. The zero-order valence-corrected chi connectivity index (χ0v) is 15.0. The van der Waals surface area contributed by atoms with Gasteiger partial charge in [-0.05, 0) is 68.7 Å². The van der Waals surface area contributed by atoms with Gasteiger partial charge in [-0.1, -0.05) is 0 Å². The molecule has 1 aliphatic rings. The van der Waals surface area contributed by atoms with Gasteiger partial charge in [0, 0.05) is 29.7 Å². The summed E-state index contributed by atoms with van der Waals surface area (Å²) < 4.78 is 15.6. The number of fused-ring (bicyclic) bond motifs is 1. The molecule has 23 heavy (non-hydrogen) atoms. The fourth-order valence-corrected chi connectivity index (χ4v) is 4.47. The summed E-state index contributed by atoms with van der Waals surface area (Å²) in [6.45, 7) is 6.38. The fraction of sp³-hybridized carbons (Fsp3) is 0.500. The lowest BCUT2D eigenvalue weighted by Gasteiger charge is -2.29. The lowest BCUT2D eigenvalue weighted by Crippen LogP contribution is -2.34. The number of aromatic nitrogens is 2. The van der Waals surface area contributed by atoms with Crippen LogP contribution in [0.4, 0.5) is 4.39 Å². The van der Waals surface area contributed by atoms with Crippen LogP contribution in [0.5, 0.6) is 0 Å². The van der Waals surface area contributed by atoms with Gasteiger partial charge in [0.2, 0.25) is 0 Å². The Morgan fingerprint density at radius 3 is 2.91 bits per heavy atom. The number of nitrogens with zero attached hydrogens (tertiary/aromatic N) is 2. The van der Waals surface area contributed by atoms with E-state index in [1.165, 1.54) is 16.2 Å². The second-order valence-electron chi connectivity index (χ2n) is 6.42. The molecule has 1 aromatic carbocycles. The van der Waals surface area contributed by atoms with Crippen LogP contribution in [0.1, 0.15) is 41.9 Å². The molecular formula is C18H24FN3S. The molecule has 0 aliphatic carbocycles. The first-order chi connectivity index (χ1) is 11.0. The van der Waals surface area contributed by atoms with Gasteiger partial charge in [-0.3, -0.25) is 4.68 Å². The van der Waals surface area contributed by atoms with Crippen LogP contribution in [-0.4, -0.2) is 21.6 Å². The van der Waals surface area contributed by atoms with E-state index in [1.807, 2.05) is 29.6 Å². The van der Waals surface area contributed by atoms with Gasteiger partial charge < -0.3 is 5.32 Å². The topological polar surface area (TPSA) is 29.9 Å². The predicted molar refractivity (Wildman–Crippen MR) is 93.5 cm³/mol. The number of hydrogen-bond donors (Lipinski definition) is 1. The minimum Gasteiger partial charge on any atom is -0.307 e. The second-order valence-corrected chi connectivity index (χ2v) is 7.55. The smallest absolute Gasteiger partial charge is 0.123 e. The Hall–Kier alpha value is -1.33. The molecule has 124 valence electrons. The minimum atomic E-state index is -0.148. The molecule has 0 spiro atoms. The van der Waals surface area contributed by atoms with E-state index in [4.69, 9.17) is 0 Å².